The number of hydrogen-bond donors (Lipinski definition) is 2. The third kappa shape index (κ3) is 3.15. The van der Waals surface area contributed by atoms with Gasteiger partial charge in [-0.15, -0.1) is 0 Å². The fraction of sp³-hybridized carbons (Fsp3) is 0.571. The molecule has 0 amide bonds. The second-order valence-corrected chi connectivity index (χ2v) is 5.53. The van der Waals surface area contributed by atoms with E-state index in [4.69, 9.17) is 4.74 Å². The number of nitrogens with zero attached hydrogens (tertiary/aromatic N) is 1. The van der Waals surface area contributed by atoms with Crippen molar-refractivity contribution in [1.29, 1.82) is 0 Å². The van der Waals surface area contributed by atoms with Crippen molar-refractivity contribution in [3.63, 3.8) is 0 Å². The number of piperazine rings is 1. The minimum Gasteiger partial charge on any atom is -0.504 e. The molecule has 0 radical (unpaired) electrons. The highest BCUT2D eigenvalue weighted by molar-refractivity contribution is 5.41. The van der Waals surface area contributed by atoms with Gasteiger partial charge in [-0.3, -0.25) is 4.90 Å². The Kier molecular flexibility index (Phi) is 3.78. The predicted octanol–water partition coefficient (Wildman–Crippen LogP) is 1.58. The van der Waals surface area contributed by atoms with Crippen molar-refractivity contribution in [2.24, 2.45) is 0 Å². The summed E-state index contributed by atoms with van der Waals surface area (Å²) in [5.74, 6) is 0.740. The van der Waals surface area contributed by atoms with Crippen molar-refractivity contribution >= 4 is 0 Å². The SMILES string of the molecule is COc1ccc(CN2CCNC(C)(C)C2)cc1O. The van der Waals surface area contributed by atoms with E-state index in [0.717, 1.165) is 31.7 Å². The lowest BCUT2D eigenvalue weighted by Gasteiger charge is -2.39. The van der Waals surface area contributed by atoms with Crippen LogP contribution < -0.4 is 10.1 Å². The molecule has 18 heavy (non-hydrogen) atoms. The highest BCUT2D eigenvalue weighted by Crippen LogP contribution is 2.27. The molecule has 4 heteroatoms. The number of hydrogen-bond acceptors (Lipinski definition) is 4. The van der Waals surface area contributed by atoms with Crippen LogP contribution in [0.3, 0.4) is 0 Å². The molecule has 1 aromatic carbocycles. The van der Waals surface area contributed by atoms with Gasteiger partial charge in [0.2, 0.25) is 0 Å². The lowest BCUT2D eigenvalue weighted by Crippen LogP contribution is -2.56. The second kappa shape index (κ2) is 5.16. The lowest BCUT2D eigenvalue weighted by atomic mass is 10.0. The number of benzene rings is 1. The average molecular weight is 250 g/mol. The van der Waals surface area contributed by atoms with Crippen LogP contribution in [0.2, 0.25) is 0 Å². The highest BCUT2D eigenvalue weighted by Gasteiger charge is 2.25. The molecule has 1 aliphatic heterocycles. The maximum Gasteiger partial charge on any atom is 0.160 e. The molecule has 0 atom stereocenters. The summed E-state index contributed by atoms with van der Waals surface area (Å²) >= 11 is 0. The molecule has 2 N–H and O–H groups in total. The Bertz CT molecular complexity index is 418. The van der Waals surface area contributed by atoms with Gasteiger partial charge in [-0.2, -0.15) is 0 Å². The topological polar surface area (TPSA) is 44.7 Å². The minimum atomic E-state index is 0.159. The Hall–Kier alpha value is -1.26. The van der Waals surface area contributed by atoms with Gasteiger partial charge >= 0.3 is 0 Å². The number of methoxy groups -OCH3 is 1. The summed E-state index contributed by atoms with van der Waals surface area (Å²) < 4.78 is 5.05. The van der Waals surface area contributed by atoms with Crippen LogP contribution >= 0.6 is 0 Å². The zero-order valence-electron chi connectivity index (χ0n) is 11.4. The molecule has 100 valence electrons. The van der Waals surface area contributed by atoms with Crippen molar-refractivity contribution in [2.75, 3.05) is 26.7 Å². The largest absolute Gasteiger partial charge is 0.504 e. The van der Waals surface area contributed by atoms with Gasteiger partial charge in [-0.25, -0.2) is 0 Å². The molecule has 2 rings (SSSR count). The van der Waals surface area contributed by atoms with Crippen LogP contribution in [0, 0.1) is 0 Å². The standard InChI is InChI=1S/C14H22N2O2/c1-14(2)10-16(7-6-15-14)9-11-4-5-13(18-3)12(17)8-11/h4-5,8,15,17H,6-7,9-10H2,1-3H3. The summed E-state index contributed by atoms with van der Waals surface area (Å²) in [6, 6.07) is 5.61. The van der Waals surface area contributed by atoms with Crippen LogP contribution in [-0.2, 0) is 6.54 Å². The molecule has 1 saturated heterocycles. The molecule has 0 aromatic heterocycles. The number of nitrogens with one attached hydrogen (secondary N) is 1. The van der Waals surface area contributed by atoms with Gasteiger partial charge in [-0.05, 0) is 31.5 Å². The van der Waals surface area contributed by atoms with E-state index < -0.39 is 0 Å². The first-order valence-electron chi connectivity index (χ1n) is 6.33. The number of phenolic OH excluding ortho intramolecular Hbond substituents is 1. The van der Waals surface area contributed by atoms with E-state index in [2.05, 4.69) is 24.1 Å². The number of phenols is 1. The molecule has 0 spiro atoms. The van der Waals surface area contributed by atoms with Crippen molar-refractivity contribution in [3.05, 3.63) is 23.8 Å². The van der Waals surface area contributed by atoms with E-state index >= 15 is 0 Å². The normalized spacial score (nSPS) is 19.7. The first-order chi connectivity index (χ1) is 8.50. The van der Waals surface area contributed by atoms with Crippen molar-refractivity contribution < 1.29 is 9.84 Å². The van der Waals surface area contributed by atoms with Crippen LogP contribution in [-0.4, -0.2) is 42.3 Å². The molecular formula is C14H22N2O2. The minimum absolute atomic E-state index is 0.159. The monoisotopic (exact) mass is 250 g/mol. The van der Waals surface area contributed by atoms with Crippen LogP contribution in [0.15, 0.2) is 18.2 Å². The maximum absolute atomic E-state index is 9.77. The van der Waals surface area contributed by atoms with Gasteiger partial charge in [0.15, 0.2) is 11.5 Å². The summed E-state index contributed by atoms with van der Waals surface area (Å²) in [7, 11) is 1.56. The first-order valence-corrected chi connectivity index (χ1v) is 6.33. The fourth-order valence-corrected chi connectivity index (χ4v) is 2.47. The van der Waals surface area contributed by atoms with Crippen molar-refractivity contribution in [3.8, 4) is 11.5 Å². The van der Waals surface area contributed by atoms with Crippen LogP contribution in [0.5, 0.6) is 11.5 Å². The van der Waals surface area contributed by atoms with E-state index in [1.54, 1.807) is 13.2 Å². The molecule has 1 heterocycles. The van der Waals surface area contributed by atoms with E-state index in [-0.39, 0.29) is 11.3 Å². The van der Waals surface area contributed by atoms with Gasteiger partial charge in [0.05, 0.1) is 7.11 Å². The van der Waals surface area contributed by atoms with Crippen molar-refractivity contribution in [1.82, 2.24) is 10.2 Å². The Labute approximate surface area is 109 Å². The molecule has 1 aromatic rings. The number of ether oxygens (including phenoxy) is 1. The smallest absolute Gasteiger partial charge is 0.160 e. The Morgan fingerprint density at radius 2 is 2.22 bits per heavy atom. The second-order valence-electron chi connectivity index (χ2n) is 5.53. The lowest BCUT2D eigenvalue weighted by molar-refractivity contribution is 0.148. The molecule has 0 saturated carbocycles. The van der Waals surface area contributed by atoms with Gasteiger partial charge < -0.3 is 15.2 Å². The Morgan fingerprint density at radius 3 is 2.83 bits per heavy atom. The van der Waals surface area contributed by atoms with E-state index in [0.29, 0.717) is 5.75 Å². The summed E-state index contributed by atoms with van der Waals surface area (Å²) in [5.41, 5.74) is 1.28. The van der Waals surface area contributed by atoms with Crippen LogP contribution in [0.4, 0.5) is 0 Å². The zero-order chi connectivity index (χ0) is 13.2. The fourth-order valence-electron chi connectivity index (χ4n) is 2.47. The Morgan fingerprint density at radius 1 is 1.44 bits per heavy atom. The Balaban J connectivity index is 2.03. The quantitative estimate of drug-likeness (QED) is 0.855. The molecular weight excluding hydrogens is 228 g/mol. The van der Waals surface area contributed by atoms with Crippen LogP contribution in [0.1, 0.15) is 19.4 Å². The average Bonchev–Trinajstić information content (AvgIpc) is 2.28. The summed E-state index contributed by atoms with van der Waals surface area (Å²) in [6.07, 6.45) is 0. The van der Waals surface area contributed by atoms with E-state index in [9.17, 15) is 5.11 Å². The number of rotatable bonds is 3. The molecule has 0 aliphatic carbocycles. The highest BCUT2D eigenvalue weighted by atomic mass is 16.5. The molecule has 0 unspecified atom stereocenters. The summed E-state index contributed by atoms with van der Waals surface area (Å²) in [4.78, 5) is 2.40. The van der Waals surface area contributed by atoms with Gasteiger partial charge in [0.1, 0.15) is 0 Å². The zero-order valence-corrected chi connectivity index (χ0v) is 11.4. The predicted molar refractivity (Wildman–Crippen MR) is 72.0 cm³/mol. The summed E-state index contributed by atoms with van der Waals surface area (Å²) in [5, 5.41) is 13.3. The summed E-state index contributed by atoms with van der Waals surface area (Å²) in [6.45, 7) is 8.35. The molecule has 0 bridgehead atoms. The third-order valence-corrected chi connectivity index (χ3v) is 3.30. The van der Waals surface area contributed by atoms with Gasteiger partial charge in [0.25, 0.3) is 0 Å². The van der Waals surface area contributed by atoms with Gasteiger partial charge in [-0.1, -0.05) is 6.07 Å². The molecule has 1 aliphatic rings. The van der Waals surface area contributed by atoms with Crippen molar-refractivity contribution in [2.45, 2.75) is 25.9 Å². The first kappa shape index (κ1) is 13.2. The van der Waals surface area contributed by atoms with E-state index in [1.165, 1.54) is 0 Å². The maximum atomic E-state index is 9.77. The van der Waals surface area contributed by atoms with E-state index in [1.807, 2.05) is 12.1 Å². The van der Waals surface area contributed by atoms with Gasteiger partial charge in [0, 0.05) is 31.7 Å². The molecule has 4 nitrogen and oxygen atoms in total. The van der Waals surface area contributed by atoms with Crippen LogP contribution in [0.25, 0.3) is 0 Å². The molecule has 1 fully saturated rings. The number of aromatic hydroxyl groups is 1. The third-order valence-electron chi connectivity index (χ3n) is 3.30.